The van der Waals surface area contributed by atoms with Crippen LogP contribution >= 0.6 is 8.15 Å². The predicted molar refractivity (Wildman–Crippen MR) is 79.0 cm³/mol. The molecule has 0 saturated carbocycles. The van der Waals surface area contributed by atoms with E-state index in [-0.39, 0.29) is 0 Å². The Morgan fingerprint density at radius 3 is 1.83 bits per heavy atom. The molecule has 0 radical (unpaired) electrons. The summed E-state index contributed by atoms with van der Waals surface area (Å²) >= 11 is 0. The summed E-state index contributed by atoms with van der Waals surface area (Å²) in [5, 5.41) is 5.63. The minimum Gasteiger partial charge on any atom is -0.348 e. The maximum absolute atomic E-state index is 6.06. The first-order chi connectivity index (χ1) is 8.92. The lowest BCUT2D eigenvalue weighted by Gasteiger charge is -2.18. The third kappa shape index (κ3) is 3.64. The average Bonchev–Trinajstić information content (AvgIpc) is 2.46. The fourth-order valence-corrected chi connectivity index (χ4v) is 3.42. The number of likely N-dealkylation sites (N-methyl/N-ethyl adjacent to an activating group) is 1. The van der Waals surface area contributed by atoms with E-state index in [9.17, 15) is 0 Å². The van der Waals surface area contributed by atoms with Crippen LogP contribution in [-0.4, -0.2) is 20.2 Å². The first-order valence-electron chi connectivity index (χ1n) is 6.09. The topological polar surface area (TPSA) is 21.3 Å². The highest BCUT2D eigenvalue weighted by atomic mass is 31.1. The molecule has 0 aromatic heterocycles. The van der Waals surface area contributed by atoms with Gasteiger partial charge >= 0.3 is 0 Å². The van der Waals surface area contributed by atoms with Gasteiger partial charge < -0.3 is 9.84 Å². The Morgan fingerprint density at radius 2 is 1.39 bits per heavy atom. The summed E-state index contributed by atoms with van der Waals surface area (Å²) in [7, 11) is 1.24. The predicted octanol–water partition coefficient (Wildman–Crippen LogP) is 2.27. The number of nitrogens with one attached hydrogen (secondary N) is 1. The van der Waals surface area contributed by atoms with Crippen LogP contribution in [0.15, 0.2) is 60.7 Å². The molecule has 2 nitrogen and oxygen atoms in total. The molecule has 0 aliphatic rings. The minimum atomic E-state index is -0.702. The van der Waals surface area contributed by atoms with Crippen LogP contribution in [0, 0.1) is 0 Å². The van der Waals surface area contributed by atoms with Gasteiger partial charge in [0.05, 0.1) is 14.8 Å². The molecule has 2 rings (SSSR count). The van der Waals surface area contributed by atoms with Crippen LogP contribution in [0.1, 0.15) is 0 Å². The van der Waals surface area contributed by atoms with Crippen molar-refractivity contribution in [2.75, 3.05) is 20.2 Å². The molecule has 0 aliphatic carbocycles. The summed E-state index contributed by atoms with van der Waals surface area (Å²) in [6, 6.07) is 20.9. The molecule has 3 heteroatoms. The molecule has 0 aliphatic heterocycles. The van der Waals surface area contributed by atoms with Crippen LogP contribution in [-0.2, 0) is 4.52 Å². The van der Waals surface area contributed by atoms with Crippen LogP contribution in [0.4, 0.5) is 0 Å². The Labute approximate surface area is 110 Å². The standard InChI is InChI=1S/C15H18NOP/c1-16-12-13-17-18(14-8-4-2-5-9-14)15-10-6-3-7-11-15/h2-11,16H,12-13H2,1H3. The Morgan fingerprint density at radius 1 is 0.889 bits per heavy atom. The fraction of sp³-hybridized carbons (Fsp3) is 0.200. The summed E-state index contributed by atoms with van der Waals surface area (Å²) in [5.74, 6) is 0. The number of benzene rings is 2. The van der Waals surface area contributed by atoms with Gasteiger partial charge in [0, 0.05) is 17.2 Å². The molecule has 2 aromatic carbocycles. The van der Waals surface area contributed by atoms with E-state index >= 15 is 0 Å². The van der Waals surface area contributed by atoms with E-state index in [1.807, 2.05) is 19.2 Å². The molecule has 0 amide bonds. The summed E-state index contributed by atoms with van der Waals surface area (Å²) in [4.78, 5) is 0. The lowest BCUT2D eigenvalue weighted by atomic mass is 10.4. The van der Waals surface area contributed by atoms with Gasteiger partial charge in [-0.2, -0.15) is 0 Å². The van der Waals surface area contributed by atoms with Crippen molar-refractivity contribution in [1.82, 2.24) is 5.32 Å². The Kier molecular flexibility index (Phi) is 5.35. The van der Waals surface area contributed by atoms with Crippen molar-refractivity contribution in [2.45, 2.75) is 0 Å². The first-order valence-corrected chi connectivity index (χ1v) is 7.35. The van der Waals surface area contributed by atoms with E-state index in [4.69, 9.17) is 4.52 Å². The molecule has 18 heavy (non-hydrogen) atoms. The van der Waals surface area contributed by atoms with E-state index < -0.39 is 8.15 Å². The van der Waals surface area contributed by atoms with Crippen LogP contribution in [0.2, 0.25) is 0 Å². The Hall–Kier alpha value is -1.21. The van der Waals surface area contributed by atoms with E-state index in [1.165, 1.54) is 10.6 Å². The quantitative estimate of drug-likeness (QED) is 0.634. The second-order valence-electron chi connectivity index (χ2n) is 3.90. The number of hydrogen-bond acceptors (Lipinski definition) is 2. The summed E-state index contributed by atoms with van der Waals surface area (Å²) in [5.41, 5.74) is 0. The highest BCUT2D eigenvalue weighted by molar-refractivity contribution is 7.68. The minimum absolute atomic E-state index is 0.702. The average molecular weight is 259 g/mol. The van der Waals surface area contributed by atoms with Crippen LogP contribution in [0.3, 0.4) is 0 Å². The third-order valence-corrected chi connectivity index (χ3v) is 4.53. The molecule has 94 valence electrons. The van der Waals surface area contributed by atoms with Gasteiger partial charge in [0.25, 0.3) is 0 Å². The highest BCUT2D eigenvalue weighted by Crippen LogP contribution is 2.34. The molecule has 2 aromatic rings. The van der Waals surface area contributed by atoms with E-state index in [0.29, 0.717) is 0 Å². The monoisotopic (exact) mass is 259 g/mol. The Bertz CT molecular complexity index is 407. The van der Waals surface area contributed by atoms with Crippen LogP contribution in [0.25, 0.3) is 0 Å². The molecule has 0 atom stereocenters. The highest BCUT2D eigenvalue weighted by Gasteiger charge is 2.13. The number of hydrogen-bond donors (Lipinski definition) is 1. The molecule has 0 bridgehead atoms. The van der Waals surface area contributed by atoms with Crippen molar-refractivity contribution in [3.63, 3.8) is 0 Å². The molecule has 0 fully saturated rings. The third-order valence-electron chi connectivity index (χ3n) is 2.55. The van der Waals surface area contributed by atoms with Crippen molar-refractivity contribution in [1.29, 1.82) is 0 Å². The molecular weight excluding hydrogens is 241 g/mol. The molecule has 0 heterocycles. The zero-order chi connectivity index (χ0) is 12.6. The lowest BCUT2D eigenvalue weighted by molar-refractivity contribution is 0.360. The molecule has 0 saturated heterocycles. The van der Waals surface area contributed by atoms with Crippen molar-refractivity contribution < 1.29 is 4.52 Å². The maximum Gasteiger partial charge on any atom is 0.0918 e. The van der Waals surface area contributed by atoms with Gasteiger partial charge in [0.1, 0.15) is 0 Å². The summed E-state index contributed by atoms with van der Waals surface area (Å²) < 4.78 is 6.06. The van der Waals surface area contributed by atoms with Crippen molar-refractivity contribution in [2.24, 2.45) is 0 Å². The SMILES string of the molecule is CNCCOP(c1ccccc1)c1ccccc1. The van der Waals surface area contributed by atoms with Gasteiger partial charge in [-0.15, -0.1) is 0 Å². The maximum atomic E-state index is 6.06. The van der Waals surface area contributed by atoms with Gasteiger partial charge in [-0.3, -0.25) is 0 Å². The van der Waals surface area contributed by atoms with Crippen molar-refractivity contribution >= 4 is 18.8 Å². The summed E-state index contributed by atoms with van der Waals surface area (Å²) in [6.45, 7) is 1.60. The molecular formula is C15H18NOP. The largest absolute Gasteiger partial charge is 0.348 e. The van der Waals surface area contributed by atoms with E-state index in [1.54, 1.807) is 0 Å². The van der Waals surface area contributed by atoms with Gasteiger partial charge in [0.15, 0.2) is 0 Å². The van der Waals surface area contributed by atoms with Gasteiger partial charge in [0.2, 0.25) is 0 Å². The second kappa shape index (κ2) is 7.27. The molecule has 1 N–H and O–H groups in total. The van der Waals surface area contributed by atoms with Crippen molar-refractivity contribution in [3.05, 3.63) is 60.7 Å². The van der Waals surface area contributed by atoms with Crippen LogP contribution < -0.4 is 15.9 Å². The zero-order valence-corrected chi connectivity index (χ0v) is 11.4. The van der Waals surface area contributed by atoms with Crippen molar-refractivity contribution in [3.8, 4) is 0 Å². The number of rotatable bonds is 6. The van der Waals surface area contributed by atoms with E-state index in [0.717, 1.165) is 13.2 Å². The fourth-order valence-electron chi connectivity index (χ4n) is 1.66. The lowest BCUT2D eigenvalue weighted by Crippen LogP contribution is -2.18. The second-order valence-corrected chi connectivity index (χ2v) is 5.78. The molecule has 0 unspecified atom stereocenters. The van der Waals surface area contributed by atoms with Gasteiger partial charge in [-0.05, 0) is 7.05 Å². The van der Waals surface area contributed by atoms with Gasteiger partial charge in [-0.1, -0.05) is 60.7 Å². The summed E-state index contributed by atoms with van der Waals surface area (Å²) in [6.07, 6.45) is 0. The zero-order valence-electron chi connectivity index (χ0n) is 10.5. The smallest absolute Gasteiger partial charge is 0.0918 e. The van der Waals surface area contributed by atoms with Gasteiger partial charge in [-0.25, -0.2) is 0 Å². The molecule has 0 spiro atoms. The van der Waals surface area contributed by atoms with Crippen LogP contribution in [0.5, 0.6) is 0 Å². The van der Waals surface area contributed by atoms with E-state index in [2.05, 4.69) is 53.8 Å². The normalized spacial score (nSPS) is 10.8. The first kappa shape index (κ1) is 13.2. The Balaban J connectivity index is 2.18.